The molecule has 2 aromatic heterocycles. The molecule has 1 atom stereocenters. The van der Waals surface area contributed by atoms with Crippen LogP contribution in [0.2, 0.25) is 0 Å². The second-order valence-corrected chi connectivity index (χ2v) is 5.72. The molecule has 0 saturated carbocycles. The van der Waals surface area contributed by atoms with Gasteiger partial charge in [-0.25, -0.2) is 0 Å². The van der Waals surface area contributed by atoms with Crippen molar-refractivity contribution >= 4 is 11.8 Å². The van der Waals surface area contributed by atoms with Crippen molar-refractivity contribution in [3.8, 4) is 11.5 Å². The van der Waals surface area contributed by atoms with Gasteiger partial charge in [-0.3, -0.25) is 9.88 Å². The van der Waals surface area contributed by atoms with Crippen molar-refractivity contribution in [2.24, 2.45) is 0 Å². The van der Waals surface area contributed by atoms with Crippen molar-refractivity contribution in [1.82, 2.24) is 20.0 Å². The van der Waals surface area contributed by atoms with Crippen molar-refractivity contribution in [1.29, 1.82) is 0 Å². The summed E-state index contributed by atoms with van der Waals surface area (Å²) in [5.74, 6) is 3.58. The Labute approximate surface area is 116 Å². The summed E-state index contributed by atoms with van der Waals surface area (Å²) in [6.07, 6.45) is 1.73. The van der Waals surface area contributed by atoms with Gasteiger partial charge in [0.1, 0.15) is 5.69 Å². The molecular formula is C13H16N4OS. The maximum atomic E-state index is 5.38. The molecule has 6 heteroatoms. The van der Waals surface area contributed by atoms with Gasteiger partial charge in [0.15, 0.2) is 0 Å². The van der Waals surface area contributed by atoms with Gasteiger partial charge >= 0.3 is 0 Å². The first-order valence-corrected chi connectivity index (χ1v) is 7.57. The fourth-order valence-corrected chi connectivity index (χ4v) is 3.06. The van der Waals surface area contributed by atoms with Crippen LogP contribution in [0.25, 0.3) is 11.5 Å². The third-order valence-corrected chi connectivity index (χ3v) is 4.23. The highest BCUT2D eigenvalue weighted by molar-refractivity contribution is 7.99. The average Bonchev–Trinajstić information content (AvgIpc) is 2.98. The van der Waals surface area contributed by atoms with E-state index < -0.39 is 0 Å². The average molecular weight is 276 g/mol. The number of rotatable bonds is 3. The molecule has 0 radical (unpaired) electrons. The molecule has 3 rings (SSSR count). The molecule has 0 aromatic carbocycles. The van der Waals surface area contributed by atoms with Gasteiger partial charge < -0.3 is 4.52 Å². The van der Waals surface area contributed by atoms with Crippen LogP contribution in [0.5, 0.6) is 0 Å². The summed E-state index contributed by atoms with van der Waals surface area (Å²) >= 11 is 2.00. The summed E-state index contributed by atoms with van der Waals surface area (Å²) in [5, 5.41) is 4.02. The van der Waals surface area contributed by atoms with Gasteiger partial charge in [0.2, 0.25) is 11.7 Å². The van der Waals surface area contributed by atoms with Gasteiger partial charge in [-0.2, -0.15) is 16.7 Å². The first-order chi connectivity index (χ1) is 9.34. The van der Waals surface area contributed by atoms with Crippen molar-refractivity contribution < 1.29 is 4.52 Å². The van der Waals surface area contributed by atoms with Crippen LogP contribution in [0.4, 0.5) is 0 Å². The van der Waals surface area contributed by atoms with E-state index in [1.165, 1.54) is 11.5 Å². The molecule has 1 aliphatic heterocycles. The van der Waals surface area contributed by atoms with Crippen LogP contribution in [-0.2, 0) is 0 Å². The number of aromatic nitrogens is 3. The molecule has 0 N–H and O–H groups in total. The van der Waals surface area contributed by atoms with E-state index in [-0.39, 0.29) is 6.04 Å². The van der Waals surface area contributed by atoms with Gasteiger partial charge in [0, 0.05) is 30.8 Å². The molecule has 0 spiro atoms. The van der Waals surface area contributed by atoms with Crippen LogP contribution in [0.1, 0.15) is 18.9 Å². The highest BCUT2D eigenvalue weighted by atomic mass is 32.2. The van der Waals surface area contributed by atoms with Gasteiger partial charge in [-0.15, -0.1) is 0 Å². The number of nitrogens with zero attached hydrogens (tertiary/aromatic N) is 4. The lowest BCUT2D eigenvalue weighted by atomic mass is 10.2. The minimum Gasteiger partial charge on any atom is -0.337 e. The first-order valence-electron chi connectivity index (χ1n) is 6.41. The molecule has 19 heavy (non-hydrogen) atoms. The zero-order chi connectivity index (χ0) is 13.1. The van der Waals surface area contributed by atoms with Crippen LogP contribution < -0.4 is 0 Å². The summed E-state index contributed by atoms with van der Waals surface area (Å²) in [5.41, 5.74) is 0.749. The molecule has 0 amide bonds. The number of pyridine rings is 1. The zero-order valence-corrected chi connectivity index (χ0v) is 11.6. The Morgan fingerprint density at radius 3 is 2.89 bits per heavy atom. The molecule has 3 heterocycles. The molecule has 0 unspecified atom stereocenters. The van der Waals surface area contributed by atoms with Crippen LogP contribution in [-0.4, -0.2) is 44.6 Å². The fourth-order valence-electron chi connectivity index (χ4n) is 2.12. The minimum atomic E-state index is 0.172. The van der Waals surface area contributed by atoms with Crippen molar-refractivity contribution in [3.63, 3.8) is 0 Å². The highest BCUT2D eigenvalue weighted by Gasteiger charge is 2.23. The smallest absolute Gasteiger partial charge is 0.244 e. The summed E-state index contributed by atoms with van der Waals surface area (Å²) in [7, 11) is 0. The Bertz CT molecular complexity index is 524. The summed E-state index contributed by atoms with van der Waals surface area (Å²) < 4.78 is 5.38. The number of hydrogen-bond donors (Lipinski definition) is 0. The van der Waals surface area contributed by atoms with E-state index in [1.54, 1.807) is 6.20 Å². The Balaban J connectivity index is 1.77. The maximum Gasteiger partial charge on any atom is 0.244 e. The predicted octanol–water partition coefficient (Wildman–Crippen LogP) is 2.24. The van der Waals surface area contributed by atoms with Crippen molar-refractivity contribution in [2.75, 3.05) is 24.6 Å². The van der Waals surface area contributed by atoms with Crippen LogP contribution in [0.3, 0.4) is 0 Å². The van der Waals surface area contributed by atoms with E-state index in [1.807, 2.05) is 30.0 Å². The lowest BCUT2D eigenvalue weighted by Crippen LogP contribution is -2.34. The molecule has 5 nitrogen and oxygen atoms in total. The van der Waals surface area contributed by atoms with E-state index in [2.05, 4.69) is 26.9 Å². The normalized spacial score (nSPS) is 18.4. The topological polar surface area (TPSA) is 55.1 Å². The minimum absolute atomic E-state index is 0.172. The van der Waals surface area contributed by atoms with E-state index >= 15 is 0 Å². The molecule has 0 aliphatic carbocycles. The largest absolute Gasteiger partial charge is 0.337 e. The van der Waals surface area contributed by atoms with Crippen molar-refractivity contribution in [3.05, 3.63) is 30.3 Å². The number of hydrogen-bond acceptors (Lipinski definition) is 6. The Morgan fingerprint density at radius 1 is 1.32 bits per heavy atom. The molecule has 1 aliphatic rings. The molecule has 2 aromatic rings. The molecular weight excluding hydrogens is 260 g/mol. The molecule has 100 valence electrons. The lowest BCUT2D eigenvalue weighted by Gasteiger charge is -2.29. The van der Waals surface area contributed by atoms with Gasteiger partial charge in [0.05, 0.1) is 6.04 Å². The van der Waals surface area contributed by atoms with E-state index in [9.17, 15) is 0 Å². The zero-order valence-electron chi connectivity index (χ0n) is 10.8. The van der Waals surface area contributed by atoms with Gasteiger partial charge in [-0.1, -0.05) is 11.2 Å². The van der Waals surface area contributed by atoms with Crippen LogP contribution in [0.15, 0.2) is 28.9 Å². The maximum absolute atomic E-state index is 5.38. The van der Waals surface area contributed by atoms with Gasteiger partial charge in [0.25, 0.3) is 0 Å². The second-order valence-electron chi connectivity index (χ2n) is 4.50. The molecule has 1 saturated heterocycles. The molecule has 1 fully saturated rings. The summed E-state index contributed by atoms with van der Waals surface area (Å²) in [6, 6.07) is 5.85. The first kappa shape index (κ1) is 12.6. The van der Waals surface area contributed by atoms with E-state index in [0.717, 1.165) is 18.8 Å². The van der Waals surface area contributed by atoms with Gasteiger partial charge in [-0.05, 0) is 19.1 Å². The highest BCUT2D eigenvalue weighted by Crippen LogP contribution is 2.24. The monoisotopic (exact) mass is 276 g/mol. The van der Waals surface area contributed by atoms with Crippen LogP contribution in [0, 0.1) is 0 Å². The van der Waals surface area contributed by atoms with Crippen molar-refractivity contribution in [2.45, 2.75) is 13.0 Å². The Morgan fingerprint density at radius 2 is 2.16 bits per heavy atom. The third kappa shape index (κ3) is 2.79. The lowest BCUT2D eigenvalue weighted by molar-refractivity contribution is 0.189. The number of thioether (sulfide) groups is 1. The summed E-state index contributed by atoms with van der Waals surface area (Å²) in [4.78, 5) is 11.1. The Kier molecular flexibility index (Phi) is 3.79. The Hall–Kier alpha value is -1.40. The SMILES string of the molecule is C[C@@H](c1nc(-c2ccccn2)no1)N1CCSCC1. The van der Waals surface area contributed by atoms with Crippen LogP contribution >= 0.6 is 11.8 Å². The van der Waals surface area contributed by atoms with E-state index in [0.29, 0.717) is 11.7 Å². The second kappa shape index (κ2) is 5.71. The standard InChI is InChI=1S/C13H16N4OS/c1-10(17-6-8-19-9-7-17)13-15-12(16-18-13)11-4-2-3-5-14-11/h2-5,10H,6-9H2,1H3/t10-/m0/s1. The molecule has 0 bridgehead atoms. The van der Waals surface area contributed by atoms with E-state index in [4.69, 9.17) is 4.52 Å². The quantitative estimate of drug-likeness (QED) is 0.857. The fraction of sp³-hybridized carbons (Fsp3) is 0.462. The third-order valence-electron chi connectivity index (χ3n) is 3.29. The predicted molar refractivity (Wildman–Crippen MR) is 74.8 cm³/mol. The summed E-state index contributed by atoms with van der Waals surface area (Å²) in [6.45, 7) is 4.27.